The molecule has 0 saturated heterocycles. The summed E-state index contributed by atoms with van der Waals surface area (Å²) in [7, 11) is 0. The van der Waals surface area contributed by atoms with Gasteiger partial charge in [0.25, 0.3) is 0 Å². The minimum absolute atomic E-state index is 0.298. The zero-order chi connectivity index (χ0) is 15.5. The average Bonchev–Trinajstić information content (AvgIpc) is 2.88. The second-order valence-electron chi connectivity index (χ2n) is 4.44. The Morgan fingerprint density at radius 3 is 2.64 bits per heavy atom. The van der Waals surface area contributed by atoms with Crippen LogP contribution in [0.2, 0.25) is 0 Å². The molecule has 0 atom stereocenters. The van der Waals surface area contributed by atoms with Crippen LogP contribution >= 0.6 is 28.1 Å². The van der Waals surface area contributed by atoms with Crippen LogP contribution in [0, 0.1) is 10.6 Å². The second kappa shape index (κ2) is 6.33. The summed E-state index contributed by atoms with van der Waals surface area (Å²) in [6.45, 7) is 0. The Hall–Kier alpha value is -2.12. The maximum absolute atomic E-state index is 13.9. The van der Waals surface area contributed by atoms with Gasteiger partial charge in [0.1, 0.15) is 5.82 Å². The van der Waals surface area contributed by atoms with E-state index in [1.807, 2.05) is 24.3 Å². The standard InChI is InChI=1S/C15H10BrFN4S/c16-11-7-5-10(6-8-11)9-18-21-14(19-20-15(21)22)12-3-1-2-4-13(12)17/h1-9H,(H,20,22)/b18-9+. The molecule has 1 heterocycles. The van der Waals surface area contributed by atoms with Crippen molar-refractivity contribution in [2.75, 3.05) is 0 Å². The summed E-state index contributed by atoms with van der Waals surface area (Å²) in [4.78, 5) is 0. The minimum Gasteiger partial charge on any atom is -0.250 e. The number of aromatic nitrogens is 3. The number of rotatable bonds is 3. The van der Waals surface area contributed by atoms with Crippen LogP contribution in [0.1, 0.15) is 5.56 Å². The van der Waals surface area contributed by atoms with E-state index in [4.69, 9.17) is 12.2 Å². The van der Waals surface area contributed by atoms with Gasteiger partial charge in [0, 0.05) is 4.47 Å². The molecule has 3 aromatic rings. The summed E-state index contributed by atoms with van der Waals surface area (Å²) in [6, 6.07) is 14.0. The van der Waals surface area contributed by atoms with Gasteiger partial charge in [0.15, 0.2) is 5.82 Å². The molecule has 0 fully saturated rings. The van der Waals surface area contributed by atoms with Crippen molar-refractivity contribution in [2.24, 2.45) is 5.10 Å². The van der Waals surface area contributed by atoms with Gasteiger partial charge in [-0.25, -0.2) is 9.49 Å². The first-order valence-corrected chi connectivity index (χ1v) is 7.57. The van der Waals surface area contributed by atoms with Crippen LogP contribution in [-0.4, -0.2) is 21.1 Å². The third-order valence-corrected chi connectivity index (χ3v) is 3.75. The van der Waals surface area contributed by atoms with Gasteiger partial charge in [-0.05, 0) is 42.0 Å². The monoisotopic (exact) mass is 376 g/mol. The fraction of sp³-hybridized carbons (Fsp3) is 0. The van der Waals surface area contributed by atoms with Crippen LogP contribution in [-0.2, 0) is 0 Å². The molecular formula is C15H10BrFN4S. The highest BCUT2D eigenvalue weighted by Gasteiger charge is 2.12. The normalized spacial score (nSPS) is 11.2. The number of H-pyrrole nitrogens is 1. The highest BCUT2D eigenvalue weighted by Crippen LogP contribution is 2.20. The number of aromatic amines is 1. The van der Waals surface area contributed by atoms with E-state index >= 15 is 0 Å². The topological polar surface area (TPSA) is 46.0 Å². The Balaban J connectivity index is 2.02. The molecule has 0 bridgehead atoms. The smallest absolute Gasteiger partial charge is 0.216 e. The van der Waals surface area contributed by atoms with Crippen molar-refractivity contribution in [3.63, 3.8) is 0 Å². The summed E-state index contributed by atoms with van der Waals surface area (Å²) in [5, 5.41) is 11.0. The van der Waals surface area contributed by atoms with Crippen LogP contribution in [0.15, 0.2) is 58.1 Å². The molecule has 2 aromatic carbocycles. The molecule has 0 amide bonds. The predicted octanol–water partition coefficient (Wildman–Crippen LogP) is 4.39. The molecule has 22 heavy (non-hydrogen) atoms. The van der Waals surface area contributed by atoms with Crippen molar-refractivity contribution in [1.82, 2.24) is 14.9 Å². The van der Waals surface area contributed by atoms with E-state index in [9.17, 15) is 4.39 Å². The van der Waals surface area contributed by atoms with E-state index in [1.165, 1.54) is 10.7 Å². The van der Waals surface area contributed by atoms with Crippen LogP contribution in [0.4, 0.5) is 4.39 Å². The molecule has 1 N–H and O–H groups in total. The van der Waals surface area contributed by atoms with Crippen molar-refractivity contribution in [2.45, 2.75) is 0 Å². The van der Waals surface area contributed by atoms with Gasteiger partial charge in [0.05, 0.1) is 11.8 Å². The Morgan fingerprint density at radius 1 is 1.18 bits per heavy atom. The summed E-state index contributed by atoms with van der Waals surface area (Å²) in [5.41, 5.74) is 1.23. The lowest BCUT2D eigenvalue weighted by Crippen LogP contribution is -1.96. The van der Waals surface area contributed by atoms with E-state index in [0.29, 0.717) is 16.2 Å². The number of hydrogen-bond acceptors (Lipinski definition) is 3. The highest BCUT2D eigenvalue weighted by molar-refractivity contribution is 9.10. The second-order valence-corrected chi connectivity index (χ2v) is 5.74. The Kier molecular flexibility index (Phi) is 4.26. The van der Waals surface area contributed by atoms with Gasteiger partial charge in [-0.3, -0.25) is 0 Å². The fourth-order valence-corrected chi connectivity index (χ4v) is 2.33. The van der Waals surface area contributed by atoms with Gasteiger partial charge in [-0.15, -0.1) is 0 Å². The summed E-state index contributed by atoms with van der Waals surface area (Å²) >= 11 is 8.53. The molecule has 4 nitrogen and oxygen atoms in total. The third kappa shape index (κ3) is 3.05. The van der Waals surface area contributed by atoms with E-state index in [-0.39, 0.29) is 5.82 Å². The minimum atomic E-state index is -0.378. The van der Waals surface area contributed by atoms with E-state index in [1.54, 1.807) is 24.4 Å². The molecule has 0 spiro atoms. The first kappa shape index (κ1) is 14.8. The largest absolute Gasteiger partial charge is 0.250 e. The van der Waals surface area contributed by atoms with Crippen LogP contribution in [0.25, 0.3) is 11.4 Å². The molecule has 7 heteroatoms. The molecule has 0 radical (unpaired) electrons. The van der Waals surface area contributed by atoms with Crippen LogP contribution in [0.3, 0.4) is 0 Å². The molecule has 110 valence electrons. The number of nitrogens with one attached hydrogen (secondary N) is 1. The van der Waals surface area contributed by atoms with Crippen molar-refractivity contribution < 1.29 is 4.39 Å². The maximum atomic E-state index is 13.9. The molecule has 0 aliphatic carbocycles. The molecule has 0 unspecified atom stereocenters. The third-order valence-electron chi connectivity index (χ3n) is 2.96. The average molecular weight is 377 g/mol. The first-order valence-electron chi connectivity index (χ1n) is 6.37. The quantitative estimate of drug-likeness (QED) is 0.544. The molecule has 0 aliphatic rings. The lowest BCUT2D eigenvalue weighted by molar-refractivity contribution is 0.628. The lowest BCUT2D eigenvalue weighted by Gasteiger charge is -2.02. The lowest BCUT2D eigenvalue weighted by atomic mass is 10.2. The van der Waals surface area contributed by atoms with Crippen LogP contribution in [0.5, 0.6) is 0 Å². The summed E-state index contributed by atoms with van der Waals surface area (Å²) in [6.07, 6.45) is 1.64. The fourth-order valence-electron chi connectivity index (χ4n) is 1.89. The SMILES string of the molecule is Fc1ccccc1-c1n[nH]c(=S)n1/N=C/c1ccc(Br)cc1. The summed E-state index contributed by atoms with van der Waals surface area (Å²) < 4.78 is 16.6. The van der Waals surface area contributed by atoms with Gasteiger partial charge in [0.2, 0.25) is 4.77 Å². The van der Waals surface area contributed by atoms with Gasteiger partial charge >= 0.3 is 0 Å². The van der Waals surface area contributed by atoms with Gasteiger partial charge in [-0.2, -0.15) is 14.9 Å². The van der Waals surface area contributed by atoms with E-state index in [2.05, 4.69) is 31.2 Å². The molecular weight excluding hydrogens is 367 g/mol. The highest BCUT2D eigenvalue weighted by atomic mass is 79.9. The molecule has 0 saturated carbocycles. The number of halogens is 2. The number of nitrogens with zero attached hydrogens (tertiary/aromatic N) is 3. The van der Waals surface area contributed by atoms with Gasteiger partial charge in [-0.1, -0.05) is 40.2 Å². The van der Waals surface area contributed by atoms with Gasteiger partial charge < -0.3 is 0 Å². The molecule has 0 aliphatic heterocycles. The number of benzene rings is 2. The zero-order valence-electron chi connectivity index (χ0n) is 11.2. The van der Waals surface area contributed by atoms with Crippen molar-refractivity contribution in [3.05, 3.63) is 69.2 Å². The predicted molar refractivity (Wildman–Crippen MR) is 89.9 cm³/mol. The summed E-state index contributed by atoms with van der Waals surface area (Å²) in [5.74, 6) is -0.0481. The van der Waals surface area contributed by atoms with Crippen molar-refractivity contribution >= 4 is 34.4 Å². The van der Waals surface area contributed by atoms with Crippen molar-refractivity contribution in [3.8, 4) is 11.4 Å². The van der Waals surface area contributed by atoms with Crippen LogP contribution < -0.4 is 0 Å². The molecule has 1 aromatic heterocycles. The first-order chi connectivity index (χ1) is 10.6. The van der Waals surface area contributed by atoms with E-state index < -0.39 is 0 Å². The molecule has 3 rings (SSSR count). The maximum Gasteiger partial charge on any atom is 0.216 e. The Labute approximate surface area is 139 Å². The Morgan fingerprint density at radius 2 is 1.91 bits per heavy atom. The van der Waals surface area contributed by atoms with E-state index in [0.717, 1.165) is 10.0 Å². The zero-order valence-corrected chi connectivity index (χ0v) is 13.6. The Bertz CT molecular complexity index is 883. The number of hydrogen-bond donors (Lipinski definition) is 1. The van der Waals surface area contributed by atoms with Crippen molar-refractivity contribution in [1.29, 1.82) is 0 Å².